The standard InChI is InChI=1S/C49H60FN7O6S/c1-32(2)24-36-29-56(30-43(36)58)46(59)53-41-26-37(50)25-39(33(41)3)44-40-27-42(57(45(40)52-31-51-44)64(61,62)38-10-8-7-9-11-38)35-14-12-34(13-15-35)28-54-20-16-49(17-21-54)18-22-55(23-19-49)47(60)63-48(4,5)6/h7-15,25-27,31-32,36,43,58H,16-24,28-30H2,1-6H3,(H,53,59)/t36-,43-/m0/s1. The van der Waals surface area contributed by atoms with Gasteiger partial charge in [-0.2, -0.15) is 0 Å². The van der Waals surface area contributed by atoms with E-state index in [2.05, 4.69) is 34.0 Å². The van der Waals surface area contributed by atoms with Crippen LogP contribution in [0.25, 0.3) is 33.5 Å². The van der Waals surface area contributed by atoms with Gasteiger partial charge in [0.15, 0.2) is 5.65 Å². The SMILES string of the molecule is Cc1c(NC(=O)N2C[C@H](CC(C)C)[C@@H](O)C2)cc(F)cc1-c1ncnc2c1cc(-c1ccc(CN3CCC4(CC3)CCN(C(=O)OC(C)(C)C)CC4)cc1)n2S(=O)(=O)c1ccccc1. The Morgan fingerprint density at radius 3 is 2.25 bits per heavy atom. The van der Waals surface area contributed by atoms with Crippen LogP contribution >= 0.6 is 0 Å². The molecule has 2 aromatic heterocycles. The molecule has 0 radical (unpaired) electrons. The van der Waals surface area contributed by atoms with Crippen molar-refractivity contribution in [2.45, 2.75) is 96.8 Å². The van der Waals surface area contributed by atoms with Crippen molar-refractivity contribution < 1.29 is 32.2 Å². The van der Waals surface area contributed by atoms with Gasteiger partial charge in [-0.25, -0.2) is 36.3 Å². The van der Waals surface area contributed by atoms with Crippen LogP contribution in [0.5, 0.6) is 0 Å². The maximum Gasteiger partial charge on any atom is 0.410 e. The summed E-state index contributed by atoms with van der Waals surface area (Å²) in [5.74, 6) is -0.291. The number of carbonyl (C=O) groups is 2. The molecular weight excluding hydrogens is 834 g/mol. The number of urea groups is 1. The number of piperidine rings is 2. The summed E-state index contributed by atoms with van der Waals surface area (Å²) >= 11 is 0. The average Bonchev–Trinajstić information content (AvgIpc) is 3.84. The van der Waals surface area contributed by atoms with E-state index in [0.29, 0.717) is 59.0 Å². The van der Waals surface area contributed by atoms with Gasteiger partial charge >= 0.3 is 12.1 Å². The van der Waals surface area contributed by atoms with E-state index < -0.39 is 33.6 Å². The zero-order valence-corrected chi connectivity index (χ0v) is 38.5. The van der Waals surface area contributed by atoms with E-state index in [0.717, 1.165) is 57.3 Å². The molecule has 0 saturated carbocycles. The number of anilines is 1. The lowest BCUT2D eigenvalue weighted by molar-refractivity contribution is -0.00313. The molecule has 340 valence electrons. The largest absolute Gasteiger partial charge is 0.444 e. The van der Waals surface area contributed by atoms with Crippen molar-refractivity contribution >= 4 is 38.9 Å². The molecule has 5 heterocycles. The lowest BCUT2D eigenvalue weighted by Gasteiger charge is -2.46. The second-order valence-electron chi connectivity index (χ2n) is 19.4. The first-order valence-corrected chi connectivity index (χ1v) is 23.8. The van der Waals surface area contributed by atoms with Gasteiger partial charge in [-0.3, -0.25) is 4.90 Å². The van der Waals surface area contributed by atoms with Gasteiger partial charge in [0.2, 0.25) is 0 Å². The van der Waals surface area contributed by atoms with Gasteiger partial charge in [-0.1, -0.05) is 56.3 Å². The number of nitrogens with one attached hydrogen (secondary N) is 1. The Balaban J connectivity index is 1.05. The molecule has 2 N–H and O–H groups in total. The molecule has 3 amide bonds. The molecule has 3 aliphatic heterocycles. The lowest BCUT2D eigenvalue weighted by atomic mass is 9.71. The Kier molecular flexibility index (Phi) is 12.6. The van der Waals surface area contributed by atoms with Gasteiger partial charge in [0.1, 0.15) is 17.7 Å². The van der Waals surface area contributed by atoms with Crippen molar-refractivity contribution in [2.75, 3.05) is 44.6 Å². The van der Waals surface area contributed by atoms with Crippen LogP contribution < -0.4 is 5.32 Å². The first-order valence-electron chi connectivity index (χ1n) is 22.4. The Morgan fingerprint density at radius 1 is 0.922 bits per heavy atom. The van der Waals surface area contributed by atoms with Crippen LogP contribution in [0.3, 0.4) is 0 Å². The third-order valence-corrected chi connectivity index (χ3v) is 14.9. The van der Waals surface area contributed by atoms with Gasteiger partial charge in [0.25, 0.3) is 10.0 Å². The van der Waals surface area contributed by atoms with Gasteiger partial charge in [-0.05, 0) is 131 Å². The molecule has 0 aliphatic carbocycles. The zero-order chi connectivity index (χ0) is 45.6. The monoisotopic (exact) mass is 893 g/mol. The van der Waals surface area contributed by atoms with Crippen LogP contribution in [0.1, 0.15) is 77.8 Å². The van der Waals surface area contributed by atoms with Crippen molar-refractivity contribution in [2.24, 2.45) is 17.3 Å². The fraction of sp³-hybridized carbons (Fsp3) is 0.469. The lowest BCUT2D eigenvalue weighted by Crippen LogP contribution is -2.49. The Hall–Kier alpha value is -5.38. The molecule has 64 heavy (non-hydrogen) atoms. The van der Waals surface area contributed by atoms with E-state index >= 15 is 4.39 Å². The highest BCUT2D eigenvalue weighted by Gasteiger charge is 2.40. The smallest absolute Gasteiger partial charge is 0.410 e. The number of nitrogens with zero attached hydrogens (tertiary/aromatic N) is 6. The van der Waals surface area contributed by atoms with Crippen LogP contribution in [-0.4, -0.2) is 105 Å². The first-order chi connectivity index (χ1) is 30.4. The van der Waals surface area contributed by atoms with E-state index in [1.807, 2.05) is 49.9 Å². The van der Waals surface area contributed by atoms with Crippen LogP contribution in [0.4, 0.5) is 19.7 Å². The number of ether oxygens (including phenoxy) is 1. The minimum Gasteiger partial charge on any atom is -0.444 e. The molecule has 13 nitrogen and oxygen atoms in total. The Labute approximate surface area is 375 Å². The number of likely N-dealkylation sites (tertiary alicyclic amines) is 3. The fourth-order valence-electron chi connectivity index (χ4n) is 9.67. The number of hydrogen-bond acceptors (Lipinski definition) is 9. The summed E-state index contributed by atoms with van der Waals surface area (Å²) < 4.78 is 51.6. The molecule has 3 saturated heterocycles. The first kappa shape index (κ1) is 45.2. The van der Waals surface area contributed by atoms with E-state index in [1.54, 1.807) is 48.2 Å². The highest BCUT2D eigenvalue weighted by molar-refractivity contribution is 7.90. The van der Waals surface area contributed by atoms with Crippen LogP contribution in [0.2, 0.25) is 0 Å². The van der Waals surface area contributed by atoms with Crippen LogP contribution in [-0.2, 0) is 21.3 Å². The molecule has 8 rings (SSSR count). The number of rotatable bonds is 9. The number of benzene rings is 3. The average molecular weight is 894 g/mol. The number of aliphatic hydroxyl groups is 1. The van der Waals surface area contributed by atoms with Crippen molar-refractivity contribution in [1.82, 2.24) is 28.6 Å². The normalized spacial score (nSPS) is 19.5. The van der Waals surface area contributed by atoms with E-state index in [4.69, 9.17) is 4.74 Å². The predicted molar refractivity (Wildman–Crippen MR) is 246 cm³/mol. The van der Waals surface area contributed by atoms with E-state index in [-0.39, 0.29) is 40.2 Å². The van der Waals surface area contributed by atoms with E-state index in [9.17, 15) is 23.1 Å². The maximum atomic E-state index is 15.6. The number of aliphatic hydroxyl groups excluding tert-OH is 1. The number of halogens is 1. The van der Waals surface area contributed by atoms with Crippen molar-refractivity contribution in [3.05, 3.63) is 96.1 Å². The molecule has 0 unspecified atom stereocenters. The summed E-state index contributed by atoms with van der Waals surface area (Å²) in [5.41, 5.74) is 3.42. The number of aromatic nitrogens is 3. The third-order valence-electron chi connectivity index (χ3n) is 13.2. The molecule has 3 aromatic carbocycles. The number of carbonyl (C=O) groups excluding carboxylic acids is 2. The Bertz CT molecular complexity index is 2610. The molecule has 3 aliphatic rings. The highest BCUT2D eigenvalue weighted by Crippen LogP contribution is 2.42. The Morgan fingerprint density at radius 2 is 1.59 bits per heavy atom. The molecule has 5 aromatic rings. The van der Waals surface area contributed by atoms with Gasteiger partial charge in [0.05, 0.1) is 22.4 Å². The van der Waals surface area contributed by atoms with Gasteiger partial charge in [0, 0.05) is 55.3 Å². The number of fused-ring (bicyclic) bond motifs is 1. The third kappa shape index (κ3) is 9.52. The summed E-state index contributed by atoms with van der Waals surface area (Å²) in [6.07, 6.45) is 5.26. The molecule has 3 fully saturated rings. The van der Waals surface area contributed by atoms with Crippen molar-refractivity contribution in [3.63, 3.8) is 0 Å². The molecule has 15 heteroatoms. The summed E-state index contributed by atoms with van der Waals surface area (Å²) in [6.45, 7) is 16.2. The minimum absolute atomic E-state index is 0.0438. The van der Waals surface area contributed by atoms with Gasteiger partial charge < -0.3 is 25.0 Å². The number of amides is 3. The fourth-order valence-corrected chi connectivity index (χ4v) is 11.2. The summed E-state index contributed by atoms with van der Waals surface area (Å²) in [4.78, 5) is 41.2. The van der Waals surface area contributed by atoms with E-state index in [1.165, 1.54) is 22.4 Å². The quantitative estimate of drug-likeness (QED) is 0.148. The summed E-state index contributed by atoms with van der Waals surface area (Å²) in [6, 6.07) is 20.0. The zero-order valence-electron chi connectivity index (χ0n) is 37.7. The topological polar surface area (TPSA) is 150 Å². The number of β-amino-alcohol motifs (C(OH)–C–C–N with tert-alkyl or cyclic N) is 1. The van der Waals surface area contributed by atoms with Crippen molar-refractivity contribution in [3.8, 4) is 22.5 Å². The molecule has 2 atom stereocenters. The minimum atomic E-state index is -4.20. The second kappa shape index (κ2) is 17.9. The number of hydrogen-bond donors (Lipinski definition) is 2. The molecule has 1 spiro atoms. The molecule has 0 bridgehead atoms. The predicted octanol–water partition coefficient (Wildman–Crippen LogP) is 8.93. The second-order valence-corrected chi connectivity index (χ2v) is 21.2. The van der Waals surface area contributed by atoms with Gasteiger partial charge in [-0.15, -0.1) is 0 Å². The summed E-state index contributed by atoms with van der Waals surface area (Å²) in [7, 11) is -4.20. The molecular formula is C49H60FN7O6S. The van der Waals surface area contributed by atoms with Crippen LogP contribution in [0.15, 0.2) is 84.0 Å². The van der Waals surface area contributed by atoms with Crippen molar-refractivity contribution in [1.29, 1.82) is 0 Å². The maximum absolute atomic E-state index is 15.6. The highest BCUT2D eigenvalue weighted by atomic mass is 32.2. The summed E-state index contributed by atoms with van der Waals surface area (Å²) in [5, 5.41) is 13.9. The van der Waals surface area contributed by atoms with Crippen LogP contribution in [0, 0.1) is 30.0 Å².